The lowest BCUT2D eigenvalue weighted by Gasteiger charge is -2.41. The summed E-state index contributed by atoms with van der Waals surface area (Å²) in [6.45, 7) is 0. The summed E-state index contributed by atoms with van der Waals surface area (Å²) in [5, 5.41) is 13.7. The van der Waals surface area contributed by atoms with Crippen LogP contribution in [0.2, 0.25) is 0 Å². The summed E-state index contributed by atoms with van der Waals surface area (Å²) in [6, 6.07) is 4.05. The van der Waals surface area contributed by atoms with Crippen LogP contribution in [0.25, 0.3) is 0 Å². The largest absolute Gasteiger partial charge is 0.490 e. The zero-order valence-corrected chi connectivity index (χ0v) is 11.8. The molecule has 20 heavy (non-hydrogen) atoms. The Morgan fingerprint density at radius 3 is 2.70 bits per heavy atom. The van der Waals surface area contributed by atoms with Crippen LogP contribution >= 0.6 is 11.6 Å². The van der Waals surface area contributed by atoms with E-state index >= 15 is 0 Å². The molecular formula is C13H15ClN2O4. The zero-order valence-electron chi connectivity index (χ0n) is 11.0. The lowest BCUT2D eigenvalue weighted by Crippen LogP contribution is -2.55. The predicted octanol–water partition coefficient (Wildman–Crippen LogP) is 2.49. The van der Waals surface area contributed by atoms with Gasteiger partial charge in [-0.15, -0.1) is 11.6 Å². The number of nitro groups is 1. The number of benzene rings is 1. The number of amides is 1. The molecule has 0 radical (unpaired) electrons. The van der Waals surface area contributed by atoms with Gasteiger partial charge in [-0.1, -0.05) is 0 Å². The van der Waals surface area contributed by atoms with Gasteiger partial charge in [0.2, 0.25) is 0 Å². The van der Waals surface area contributed by atoms with Crippen LogP contribution < -0.4 is 10.1 Å². The molecular weight excluding hydrogens is 284 g/mol. The van der Waals surface area contributed by atoms with E-state index in [2.05, 4.69) is 5.32 Å². The highest BCUT2D eigenvalue weighted by molar-refractivity contribution is 6.19. The third kappa shape index (κ3) is 2.70. The molecule has 0 atom stereocenters. The Labute approximate surface area is 121 Å². The van der Waals surface area contributed by atoms with Gasteiger partial charge in [0.1, 0.15) is 0 Å². The van der Waals surface area contributed by atoms with Crippen molar-refractivity contribution in [2.75, 3.05) is 13.0 Å². The number of nitrogens with one attached hydrogen (secondary N) is 1. The average Bonchev–Trinajstić information content (AvgIpc) is 2.41. The summed E-state index contributed by atoms with van der Waals surface area (Å²) in [4.78, 5) is 22.4. The third-order valence-corrected chi connectivity index (χ3v) is 4.10. The van der Waals surface area contributed by atoms with Crippen molar-refractivity contribution in [3.05, 3.63) is 33.9 Å². The number of methoxy groups -OCH3 is 1. The summed E-state index contributed by atoms with van der Waals surface area (Å²) in [5.74, 6) is 0.137. The molecule has 0 aliphatic heterocycles. The van der Waals surface area contributed by atoms with Crippen LogP contribution in [0.3, 0.4) is 0 Å². The monoisotopic (exact) mass is 298 g/mol. The number of alkyl halides is 1. The van der Waals surface area contributed by atoms with Gasteiger partial charge in [-0.3, -0.25) is 14.9 Å². The SMILES string of the molecule is COc1cc(C(=O)NC2(CCl)CCC2)ccc1[N+](=O)[O-]. The molecule has 7 heteroatoms. The molecule has 0 saturated heterocycles. The van der Waals surface area contributed by atoms with Crippen molar-refractivity contribution in [3.63, 3.8) is 0 Å². The molecule has 2 rings (SSSR count). The minimum atomic E-state index is -0.549. The molecule has 1 saturated carbocycles. The first-order valence-corrected chi connectivity index (χ1v) is 6.76. The number of rotatable bonds is 5. The molecule has 1 fully saturated rings. The first-order chi connectivity index (χ1) is 9.51. The van der Waals surface area contributed by atoms with Crippen molar-refractivity contribution in [1.82, 2.24) is 5.32 Å². The Hall–Kier alpha value is -1.82. The summed E-state index contributed by atoms with van der Waals surface area (Å²) in [6.07, 6.45) is 2.75. The van der Waals surface area contributed by atoms with Crippen LogP contribution in [0.5, 0.6) is 5.75 Å². The molecule has 0 heterocycles. The molecule has 0 spiro atoms. The van der Waals surface area contributed by atoms with E-state index in [0.717, 1.165) is 19.3 Å². The standard InChI is InChI=1S/C13H15ClN2O4/c1-20-11-7-9(3-4-10(11)16(18)19)12(17)15-13(8-14)5-2-6-13/h3-4,7H,2,5-6,8H2,1H3,(H,15,17). The first kappa shape index (κ1) is 14.6. The average molecular weight is 299 g/mol. The number of hydrogen-bond acceptors (Lipinski definition) is 4. The fraction of sp³-hybridized carbons (Fsp3) is 0.462. The smallest absolute Gasteiger partial charge is 0.310 e. The van der Waals surface area contributed by atoms with Gasteiger partial charge >= 0.3 is 5.69 Å². The fourth-order valence-electron chi connectivity index (χ4n) is 2.18. The summed E-state index contributed by atoms with van der Waals surface area (Å²) < 4.78 is 4.95. The van der Waals surface area contributed by atoms with E-state index in [-0.39, 0.29) is 22.9 Å². The maximum atomic E-state index is 12.2. The van der Waals surface area contributed by atoms with Gasteiger partial charge in [-0.25, -0.2) is 0 Å². The van der Waals surface area contributed by atoms with Crippen molar-refractivity contribution >= 4 is 23.2 Å². The van der Waals surface area contributed by atoms with Gasteiger partial charge in [-0.2, -0.15) is 0 Å². The molecule has 1 amide bonds. The molecule has 108 valence electrons. The van der Waals surface area contributed by atoms with Crippen molar-refractivity contribution in [2.24, 2.45) is 0 Å². The van der Waals surface area contributed by atoms with Gasteiger partial charge in [0.05, 0.1) is 17.6 Å². The molecule has 1 aliphatic carbocycles. The lowest BCUT2D eigenvalue weighted by atomic mass is 9.78. The van der Waals surface area contributed by atoms with E-state index in [0.29, 0.717) is 11.4 Å². The van der Waals surface area contributed by atoms with Gasteiger partial charge in [-0.05, 0) is 25.3 Å². The van der Waals surface area contributed by atoms with E-state index < -0.39 is 4.92 Å². The molecule has 0 bridgehead atoms. The maximum absolute atomic E-state index is 12.2. The van der Waals surface area contributed by atoms with Gasteiger partial charge in [0.15, 0.2) is 5.75 Å². The van der Waals surface area contributed by atoms with Crippen molar-refractivity contribution in [3.8, 4) is 5.75 Å². The summed E-state index contributed by atoms with van der Waals surface area (Å²) in [7, 11) is 1.33. The molecule has 6 nitrogen and oxygen atoms in total. The number of carbonyl (C=O) groups is 1. The Morgan fingerprint density at radius 2 is 2.25 bits per heavy atom. The van der Waals surface area contributed by atoms with E-state index in [1.807, 2.05) is 0 Å². The van der Waals surface area contributed by atoms with Crippen LogP contribution in [0.1, 0.15) is 29.6 Å². The van der Waals surface area contributed by atoms with Gasteiger partial charge < -0.3 is 10.1 Å². The highest BCUT2D eigenvalue weighted by atomic mass is 35.5. The second kappa shape index (κ2) is 5.66. The van der Waals surface area contributed by atoms with E-state index in [1.54, 1.807) is 0 Å². The Bertz CT molecular complexity index is 538. The summed E-state index contributed by atoms with van der Waals surface area (Å²) >= 11 is 5.89. The van der Waals surface area contributed by atoms with Crippen LogP contribution in [0, 0.1) is 10.1 Å². The van der Waals surface area contributed by atoms with Gasteiger partial charge in [0, 0.05) is 23.6 Å². The maximum Gasteiger partial charge on any atom is 0.310 e. The Morgan fingerprint density at radius 1 is 1.55 bits per heavy atom. The lowest BCUT2D eigenvalue weighted by molar-refractivity contribution is -0.385. The fourth-order valence-corrected chi connectivity index (χ4v) is 2.51. The highest BCUT2D eigenvalue weighted by Gasteiger charge is 2.37. The number of carbonyl (C=O) groups excluding carboxylic acids is 1. The number of nitro benzene ring substituents is 1. The highest BCUT2D eigenvalue weighted by Crippen LogP contribution is 2.34. The molecule has 1 aliphatic rings. The minimum absolute atomic E-state index is 0.0659. The van der Waals surface area contributed by atoms with Gasteiger partial charge in [0.25, 0.3) is 5.91 Å². The quantitative estimate of drug-likeness (QED) is 0.514. The van der Waals surface area contributed by atoms with E-state index in [1.165, 1.54) is 25.3 Å². The zero-order chi connectivity index (χ0) is 14.8. The van der Waals surface area contributed by atoms with Crippen LogP contribution in [0.4, 0.5) is 5.69 Å². The van der Waals surface area contributed by atoms with Crippen molar-refractivity contribution in [2.45, 2.75) is 24.8 Å². The normalized spacial score (nSPS) is 16.1. The number of hydrogen-bond donors (Lipinski definition) is 1. The van der Waals surface area contributed by atoms with E-state index in [9.17, 15) is 14.9 Å². The second-order valence-electron chi connectivity index (χ2n) is 4.87. The Balaban J connectivity index is 2.20. The van der Waals surface area contributed by atoms with Crippen LogP contribution in [-0.4, -0.2) is 29.4 Å². The molecule has 0 unspecified atom stereocenters. The first-order valence-electron chi connectivity index (χ1n) is 6.22. The van der Waals surface area contributed by atoms with Crippen molar-refractivity contribution in [1.29, 1.82) is 0 Å². The topological polar surface area (TPSA) is 81.5 Å². The molecule has 1 aromatic rings. The molecule has 1 N–H and O–H groups in total. The minimum Gasteiger partial charge on any atom is -0.490 e. The number of ether oxygens (including phenoxy) is 1. The number of halogens is 1. The third-order valence-electron chi connectivity index (χ3n) is 3.58. The van der Waals surface area contributed by atoms with Crippen LogP contribution in [0.15, 0.2) is 18.2 Å². The predicted molar refractivity (Wildman–Crippen MR) is 74.4 cm³/mol. The number of nitrogens with zero attached hydrogens (tertiary/aromatic N) is 1. The second-order valence-corrected chi connectivity index (χ2v) is 5.13. The summed E-state index contributed by atoms with van der Waals surface area (Å²) in [5.41, 5.74) is -0.184. The molecule has 1 aromatic carbocycles. The molecule has 0 aromatic heterocycles. The Kier molecular flexibility index (Phi) is 4.13. The van der Waals surface area contributed by atoms with E-state index in [4.69, 9.17) is 16.3 Å². The van der Waals surface area contributed by atoms with Crippen molar-refractivity contribution < 1.29 is 14.5 Å². The van der Waals surface area contributed by atoms with Crippen LogP contribution in [-0.2, 0) is 0 Å².